The fraction of sp³-hybridized carbons (Fsp3) is 0.400. The number of hydrogen-bond donors (Lipinski definition) is 1. The minimum atomic E-state index is -0.766. The summed E-state index contributed by atoms with van der Waals surface area (Å²) < 4.78 is 6.74. The zero-order chi connectivity index (χ0) is 16.7. The summed E-state index contributed by atoms with van der Waals surface area (Å²) in [4.78, 5) is 23.9. The number of hydrogen-bond acceptors (Lipinski definition) is 6. The Bertz CT molecular complexity index is 656. The molecule has 122 valence electrons. The van der Waals surface area contributed by atoms with Crippen LogP contribution in [0.5, 0.6) is 0 Å². The molecule has 1 atom stereocenters. The molecule has 0 spiro atoms. The Balaban J connectivity index is 1.85. The van der Waals surface area contributed by atoms with Crippen LogP contribution < -0.4 is 5.32 Å². The third-order valence-corrected chi connectivity index (χ3v) is 3.12. The van der Waals surface area contributed by atoms with Crippen LogP contribution in [0.4, 0.5) is 0 Å². The Morgan fingerprint density at radius 2 is 2.04 bits per heavy atom. The van der Waals surface area contributed by atoms with Gasteiger partial charge in [0.2, 0.25) is 0 Å². The molecule has 1 heterocycles. The molecule has 0 radical (unpaired) electrons. The van der Waals surface area contributed by atoms with Gasteiger partial charge >= 0.3 is 5.97 Å². The van der Waals surface area contributed by atoms with E-state index in [0.717, 1.165) is 6.42 Å². The maximum atomic E-state index is 12.0. The van der Waals surface area contributed by atoms with Crippen LogP contribution in [0.3, 0.4) is 0 Å². The van der Waals surface area contributed by atoms with E-state index in [2.05, 4.69) is 20.8 Å². The topological polar surface area (TPSA) is 99.0 Å². The van der Waals surface area contributed by atoms with E-state index in [1.165, 1.54) is 0 Å². The summed E-state index contributed by atoms with van der Waals surface area (Å²) in [7, 11) is 0. The molecule has 0 saturated carbocycles. The van der Waals surface area contributed by atoms with Gasteiger partial charge in [0.1, 0.15) is 6.04 Å². The van der Waals surface area contributed by atoms with E-state index in [1.807, 2.05) is 13.0 Å². The largest absolute Gasteiger partial charge is 0.456 e. The molecule has 1 N–H and O–H groups in total. The van der Waals surface area contributed by atoms with Crippen LogP contribution in [0.1, 0.15) is 36.5 Å². The van der Waals surface area contributed by atoms with Gasteiger partial charge in [-0.15, -0.1) is 5.10 Å². The monoisotopic (exact) mass is 317 g/mol. The van der Waals surface area contributed by atoms with Crippen LogP contribution in [0.15, 0.2) is 30.3 Å². The summed E-state index contributed by atoms with van der Waals surface area (Å²) >= 11 is 0. The van der Waals surface area contributed by atoms with Gasteiger partial charge in [-0.25, -0.2) is 9.48 Å². The number of esters is 1. The molecule has 1 aromatic carbocycles. The normalized spacial score (nSPS) is 11.7. The average molecular weight is 317 g/mol. The second-order valence-corrected chi connectivity index (χ2v) is 4.99. The summed E-state index contributed by atoms with van der Waals surface area (Å²) in [6.45, 7) is 4.19. The number of tetrazole rings is 1. The highest BCUT2D eigenvalue weighted by molar-refractivity contribution is 5.96. The first-order chi connectivity index (χ1) is 11.1. The van der Waals surface area contributed by atoms with Gasteiger partial charge in [0.25, 0.3) is 5.91 Å². The molecule has 8 heteroatoms. The van der Waals surface area contributed by atoms with Crippen molar-refractivity contribution in [2.24, 2.45) is 0 Å². The molecule has 2 aromatic rings. The summed E-state index contributed by atoms with van der Waals surface area (Å²) in [5, 5.41) is 13.8. The van der Waals surface area contributed by atoms with Gasteiger partial charge in [0.05, 0.1) is 0 Å². The summed E-state index contributed by atoms with van der Waals surface area (Å²) in [5.41, 5.74) is 0.485. The standard InChI is InChI=1S/C15H19N5O3/c1-3-9-20-13(17-18-19-20)10-23-15(22)11(2)16-14(21)12-7-5-4-6-8-12/h4-8,11H,3,9-10H2,1-2H3,(H,16,21)/t11-/m1/s1. The first-order valence-corrected chi connectivity index (χ1v) is 7.39. The number of aryl methyl sites for hydroxylation is 1. The molecule has 0 bridgehead atoms. The molecule has 8 nitrogen and oxygen atoms in total. The quantitative estimate of drug-likeness (QED) is 0.763. The molecule has 2 rings (SSSR count). The number of rotatable bonds is 7. The van der Waals surface area contributed by atoms with E-state index in [-0.39, 0.29) is 12.5 Å². The van der Waals surface area contributed by atoms with Crippen molar-refractivity contribution in [3.05, 3.63) is 41.7 Å². The number of nitrogens with zero attached hydrogens (tertiary/aromatic N) is 4. The molecule has 0 saturated heterocycles. The second kappa shape index (κ2) is 8.02. The first-order valence-electron chi connectivity index (χ1n) is 7.39. The zero-order valence-corrected chi connectivity index (χ0v) is 13.1. The predicted octanol–water partition coefficient (Wildman–Crippen LogP) is 0.945. The van der Waals surface area contributed by atoms with Crippen LogP contribution in [-0.2, 0) is 22.7 Å². The van der Waals surface area contributed by atoms with Crippen LogP contribution in [-0.4, -0.2) is 38.1 Å². The van der Waals surface area contributed by atoms with Gasteiger partial charge in [0, 0.05) is 12.1 Å². The highest BCUT2D eigenvalue weighted by atomic mass is 16.5. The number of nitrogens with one attached hydrogen (secondary N) is 1. The number of carbonyl (C=O) groups is 2. The zero-order valence-electron chi connectivity index (χ0n) is 13.1. The van der Waals surface area contributed by atoms with E-state index in [9.17, 15) is 9.59 Å². The number of carbonyl (C=O) groups excluding carboxylic acids is 2. The lowest BCUT2D eigenvalue weighted by Gasteiger charge is -2.13. The van der Waals surface area contributed by atoms with Crippen LogP contribution in [0.2, 0.25) is 0 Å². The van der Waals surface area contributed by atoms with Gasteiger partial charge in [-0.3, -0.25) is 4.79 Å². The van der Waals surface area contributed by atoms with Gasteiger partial charge in [0.15, 0.2) is 12.4 Å². The second-order valence-electron chi connectivity index (χ2n) is 4.99. The number of ether oxygens (including phenoxy) is 1. The van der Waals surface area contributed by atoms with Crippen molar-refractivity contribution in [1.29, 1.82) is 0 Å². The molecule has 0 aliphatic heterocycles. The van der Waals surface area contributed by atoms with Crippen LogP contribution >= 0.6 is 0 Å². The van der Waals surface area contributed by atoms with Crippen molar-refractivity contribution in [2.45, 2.75) is 39.5 Å². The lowest BCUT2D eigenvalue weighted by atomic mass is 10.2. The highest BCUT2D eigenvalue weighted by Crippen LogP contribution is 2.02. The molecular formula is C15H19N5O3. The molecule has 1 aromatic heterocycles. The Morgan fingerprint density at radius 3 is 2.74 bits per heavy atom. The minimum absolute atomic E-state index is 0.0304. The lowest BCUT2D eigenvalue weighted by molar-refractivity contribution is -0.147. The Labute approximate surface area is 133 Å². The van der Waals surface area contributed by atoms with E-state index >= 15 is 0 Å². The maximum absolute atomic E-state index is 12.0. The summed E-state index contributed by atoms with van der Waals surface area (Å²) in [6, 6.07) is 7.91. The lowest BCUT2D eigenvalue weighted by Crippen LogP contribution is -2.39. The third kappa shape index (κ3) is 4.60. The van der Waals surface area contributed by atoms with Crippen molar-refractivity contribution in [3.8, 4) is 0 Å². The smallest absolute Gasteiger partial charge is 0.328 e. The number of benzene rings is 1. The van der Waals surface area contributed by atoms with Crippen LogP contribution in [0.25, 0.3) is 0 Å². The molecular weight excluding hydrogens is 298 g/mol. The molecule has 23 heavy (non-hydrogen) atoms. The average Bonchev–Trinajstić information content (AvgIpc) is 3.01. The third-order valence-electron chi connectivity index (χ3n) is 3.12. The number of aromatic nitrogens is 4. The van der Waals surface area contributed by atoms with Gasteiger partial charge < -0.3 is 10.1 Å². The summed E-state index contributed by atoms with van der Waals surface area (Å²) in [6.07, 6.45) is 0.871. The fourth-order valence-electron chi connectivity index (χ4n) is 1.90. The van der Waals surface area contributed by atoms with Crippen molar-refractivity contribution < 1.29 is 14.3 Å². The first kappa shape index (κ1) is 16.6. The minimum Gasteiger partial charge on any atom is -0.456 e. The van der Waals surface area contributed by atoms with Gasteiger partial charge in [-0.05, 0) is 35.9 Å². The molecule has 1 amide bonds. The van der Waals surface area contributed by atoms with E-state index in [4.69, 9.17) is 4.74 Å². The Hall–Kier alpha value is -2.77. The fourth-order valence-corrected chi connectivity index (χ4v) is 1.90. The van der Waals surface area contributed by atoms with Crippen molar-refractivity contribution in [2.75, 3.05) is 0 Å². The van der Waals surface area contributed by atoms with Gasteiger partial charge in [-0.1, -0.05) is 25.1 Å². The molecule has 0 fully saturated rings. The van der Waals surface area contributed by atoms with E-state index < -0.39 is 12.0 Å². The SMILES string of the molecule is CCCn1nnnc1COC(=O)[C@@H](C)NC(=O)c1ccccc1. The maximum Gasteiger partial charge on any atom is 0.328 e. The van der Waals surface area contributed by atoms with E-state index in [0.29, 0.717) is 17.9 Å². The molecule has 0 unspecified atom stereocenters. The highest BCUT2D eigenvalue weighted by Gasteiger charge is 2.19. The van der Waals surface area contributed by atoms with Crippen molar-refractivity contribution in [1.82, 2.24) is 25.5 Å². The Kier molecular flexibility index (Phi) is 5.79. The predicted molar refractivity (Wildman–Crippen MR) is 81.3 cm³/mol. The molecule has 0 aliphatic rings. The van der Waals surface area contributed by atoms with Crippen molar-refractivity contribution in [3.63, 3.8) is 0 Å². The number of amides is 1. The van der Waals surface area contributed by atoms with Gasteiger partial charge in [-0.2, -0.15) is 0 Å². The van der Waals surface area contributed by atoms with Crippen LogP contribution in [0, 0.1) is 0 Å². The molecule has 0 aliphatic carbocycles. The van der Waals surface area contributed by atoms with E-state index in [1.54, 1.807) is 35.9 Å². The van der Waals surface area contributed by atoms with Crippen molar-refractivity contribution >= 4 is 11.9 Å². The summed E-state index contributed by atoms with van der Waals surface area (Å²) in [5.74, 6) is -0.395. The Morgan fingerprint density at radius 1 is 1.30 bits per heavy atom.